The number of aromatic nitrogens is 1. The van der Waals surface area contributed by atoms with Crippen molar-refractivity contribution in [3.63, 3.8) is 0 Å². The van der Waals surface area contributed by atoms with Crippen molar-refractivity contribution >= 4 is 46.5 Å². The van der Waals surface area contributed by atoms with Crippen LogP contribution in [0.4, 0.5) is 0 Å². The minimum Gasteiger partial charge on any atom is -0.481 e. The molecule has 218 valence electrons. The highest BCUT2D eigenvalue weighted by molar-refractivity contribution is 5.96. The maximum absolute atomic E-state index is 13.0. The highest BCUT2D eigenvalue weighted by Crippen LogP contribution is 2.19. The molecule has 14 heteroatoms. The smallest absolute Gasteiger partial charge is 0.326 e. The SMILES string of the molecule is CC(C)CC(NC(=O)C(CCC(=O)O)NC(=O)C(CC(=O)O)NC(=O)C(N)Cc1c[nH]c2ccccc12)C(=O)O. The Morgan fingerprint density at radius 3 is 2.05 bits per heavy atom. The van der Waals surface area contributed by atoms with E-state index in [4.69, 9.17) is 10.8 Å². The van der Waals surface area contributed by atoms with Crippen molar-refractivity contribution in [2.75, 3.05) is 0 Å². The molecular formula is C26H35N5O9. The van der Waals surface area contributed by atoms with Gasteiger partial charge in [0.1, 0.15) is 18.1 Å². The second kappa shape index (κ2) is 14.6. The van der Waals surface area contributed by atoms with Crippen LogP contribution in [0.5, 0.6) is 0 Å². The number of H-pyrrole nitrogens is 1. The number of hydrogen-bond donors (Lipinski definition) is 8. The molecule has 40 heavy (non-hydrogen) atoms. The Bertz CT molecular complexity index is 1240. The first-order chi connectivity index (χ1) is 18.8. The van der Waals surface area contributed by atoms with Crippen molar-refractivity contribution < 1.29 is 44.1 Å². The van der Waals surface area contributed by atoms with Crippen molar-refractivity contribution in [3.05, 3.63) is 36.0 Å². The van der Waals surface area contributed by atoms with Crippen LogP contribution in [0, 0.1) is 5.92 Å². The van der Waals surface area contributed by atoms with Gasteiger partial charge in [-0.3, -0.25) is 24.0 Å². The van der Waals surface area contributed by atoms with Crippen LogP contribution in [-0.2, 0) is 35.2 Å². The molecule has 1 aromatic carbocycles. The molecule has 0 saturated carbocycles. The molecule has 0 aliphatic rings. The molecule has 0 radical (unpaired) electrons. The lowest BCUT2D eigenvalue weighted by Gasteiger charge is -2.25. The quantitative estimate of drug-likeness (QED) is 0.136. The molecule has 0 bridgehead atoms. The Labute approximate surface area is 229 Å². The fourth-order valence-corrected chi connectivity index (χ4v) is 4.07. The van der Waals surface area contributed by atoms with Gasteiger partial charge in [0.2, 0.25) is 17.7 Å². The van der Waals surface area contributed by atoms with E-state index in [1.165, 1.54) is 0 Å². The maximum Gasteiger partial charge on any atom is 0.326 e. The fourth-order valence-electron chi connectivity index (χ4n) is 4.07. The van der Waals surface area contributed by atoms with E-state index in [1.807, 2.05) is 24.3 Å². The van der Waals surface area contributed by atoms with Gasteiger partial charge in [-0.25, -0.2) is 4.79 Å². The molecular weight excluding hydrogens is 526 g/mol. The third kappa shape index (κ3) is 9.69. The van der Waals surface area contributed by atoms with E-state index in [9.17, 15) is 39.0 Å². The van der Waals surface area contributed by atoms with Gasteiger partial charge in [-0.15, -0.1) is 0 Å². The Kier molecular flexibility index (Phi) is 11.6. The first kappa shape index (κ1) is 31.8. The van der Waals surface area contributed by atoms with Crippen LogP contribution in [0.3, 0.4) is 0 Å². The number of nitrogens with one attached hydrogen (secondary N) is 4. The lowest BCUT2D eigenvalue weighted by atomic mass is 10.0. The van der Waals surface area contributed by atoms with Crippen LogP contribution in [0.2, 0.25) is 0 Å². The molecule has 4 unspecified atom stereocenters. The molecule has 3 amide bonds. The van der Waals surface area contributed by atoms with E-state index in [0.29, 0.717) is 0 Å². The summed E-state index contributed by atoms with van der Waals surface area (Å²) >= 11 is 0. The summed E-state index contributed by atoms with van der Waals surface area (Å²) in [7, 11) is 0. The Hall–Kier alpha value is -4.46. The summed E-state index contributed by atoms with van der Waals surface area (Å²) in [4.78, 5) is 75.8. The summed E-state index contributed by atoms with van der Waals surface area (Å²) < 4.78 is 0. The van der Waals surface area contributed by atoms with Crippen molar-refractivity contribution in [1.82, 2.24) is 20.9 Å². The molecule has 0 fully saturated rings. The third-order valence-corrected chi connectivity index (χ3v) is 6.06. The van der Waals surface area contributed by atoms with Crippen molar-refractivity contribution in [2.45, 2.75) is 70.1 Å². The predicted octanol–water partition coefficient (Wildman–Crippen LogP) is -0.0377. The van der Waals surface area contributed by atoms with Gasteiger partial charge in [0.15, 0.2) is 0 Å². The van der Waals surface area contributed by atoms with E-state index >= 15 is 0 Å². The van der Waals surface area contributed by atoms with Gasteiger partial charge < -0.3 is 42.0 Å². The number of aliphatic carboxylic acids is 3. The number of nitrogens with two attached hydrogens (primary N) is 1. The largest absolute Gasteiger partial charge is 0.481 e. The van der Waals surface area contributed by atoms with Crippen LogP contribution in [0.25, 0.3) is 10.9 Å². The van der Waals surface area contributed by atoms with E-state index in [1.54, 1.807) is 20.0 Å². The molecule has 1 aromatic heterocycles. The molecule has 9 N–H and O–H groups in total. The summed E-state index contributed by atoms with van der Waals surface area (Å²) in [5.74, 6) is -6.97. The molecule has 0 saturated heterocycles. The van der Waals surface area contributed by atoms with Gasteiger partial charge in [0.05, 0.1) is 12.5 Å². The van der Waals surface area contributed by atoms with Gasteiger partial charge in [0.25, 0.3) is 0 Å². The molecule has 4 atom stereocenters. The average Bonchev–Trinajstić information content (AvgIpc) is 3.27. The minimum atomic E-state index is -1.65. The summed E-state index contributed by atoms with van der Waals surface area (Å²) in [5, 5.41) is 35.5. The van der Waals surface area contributed by atoms with Crippen molar-refractivity contribution in [1.29, 1.82) is 0 Å². The summed E-state index contributed by atoms with van der Waals surface area (Å²) in [6, 6.07) is 1.73. The molecule has 0 aliphatic heterocycles. The Morgan fingerprint density at radius 1 is 0.850 bits per heavy atom. The monoisotopic (exact) mass is 561 g/mol. The average molecular weight is 562 g/mol. The van der Waals surface area contributed by atoms with Crippen LogP contribution in [0.15, 0.2) is 30.5 Å². The van der Waals surface area contributed by atoms with Gasteiger partial charge in [0, 0.05) is 23.5 Å². The molecule has 0 spiro atoms. The van der Waals surface area contributed by atoms with Gasteiger partial charge in [-0.2, -0.15) is 0 Å². The predicted molar refractivity (Wildman–Crippen MR) is 142 cm³/mol. The fraction of sp³-hybridized carbons (Fsp3) is 0.462. The van der Waals surface area contributed by atoms with E-state index in [-0.39, 0.29) is 18.8 Å². The summed E-state index contributed by atoms with van der Waals surface area (Å²) in [6.07, 6.45) is 0.0326. The summed E-state index contributed by atoms with van der Waals surface area (Å²) in [6.45, 7) is 3.49. The summed E-state index contributed by atoms with van der Waals surface area (Å²) in [5.41, 5.74) is 7.61. The van der Waals surface area contributed by atoms with Crippen molar-refractivity contribution in [2.24, 2.45) is 11.7 Å². The number of rotatable bonds is 16. The van der Waals surface area contributed by atoms with Gasteiger partial charge in [-0.05, 0) is 36.8 Å². The Morgan fingerprint density at radius 2 is 1.45 bits per heavy atom. The number of aromatic amines is 1. The van der Waals surface area contributed by atoms with Crippen LogP contribution < -0.4 is 21.7 Å². The number of carboxylic acid groups (broad SMARTS) is 3. The molecule has 14 nitrogen and oxygen atoms in total. The number of carbonyl (C=O) groups excluding carboxylic acids is 3. The normalized spacial score (nSPS) is 14.1. The van der Waals surface area contributed by atoms with Gasteiger partial charge >= 0.3 is 17.9 Å². The van der Waals surface area contributed by atoms with Crippen LogP contribution >= 0.6 is 0 Å². The first-order valence-corrected chi connectivity index (χ1v) is 12.7. The number of fused-ring (bicyclic) bond motifs is 1. The van der Waals surface area contributed by atoms with Crippen molar-refractivity contribution in [3.8, 4) is 0 Å². The second-order valence-electron chi connectivity index (χ2n) is 9.85. The number of carbonyl (C=O) groups is 6. The highest BCUT2D eigenvalue weighted by Gasteiger charge is 2.32. The third-order valence-electron chi connectivity index (χ3n) is 6.06. The van der Waals surface area contributed by atoms with Gasteiger partial charge in [-0.1, -0.05) is 32.0 Å². The van der Waals surface area contributed by atoms with E-state index in [0.717, 1.165) is 16.5 Å². The maximum atomic E-state index is 13.0. The topological polar surface area (TPSA) is 241 Å². The zero-order valence-corrected chi connectivity index (χ0v) is 22.2. The van der Waals surface area contributed by atoms with Crippen LogP contribution in [0.1, 0.15) is 45.1 Å². The molecule has 2 rings (SSSR count). The highest BCUT2D eigenvalue weighted by atomic mass is 16.4. The van der Waals surface area contributed by atoms with Crippen LogP contribution in [-0.4, -0.2) is 80.1 Å². The minimum absolute atomic E-state index is 0.0761. The lowest BCUT2D eigenvalue weighted by molar-refractivity contribution is -0.144. The number of benzene rings is 1. The molecule has 2 aromatic rings. The lowest BCUT2D eigenvalue weighted by Crippen LogP contribution is -2.57. The van der Waals surface area contributed by atoms with E-state index in [2.05, 4.69) is 20.9 Å². The molecule has 1 heterocycles. The van der Waals surface area contributed by atoms with E-state index < -0.39 is 79.1 Å². The Balaban J connectivity index is 2.15. The number of carboxylic acids is 3. The second-order valence-corrected chi connectivity index (χ2v) is 9.85. The zero-order chi connectivity index (χ0) is 30.0. The number of hydrogen-bond acceptors (Lipinski definition) is 7. The standard InChI is InChI=1S/C26H35N5O9/c1-13(2)9-20(26(39)40)31-24(37)18(7-8-21(32)33)29-25(38)19(11-22(34)35)30-23(36)16(27)10-14-12-28-17-6-4-3-5-15(14)17/h3-6,12-13,16,18-20,28H,7-11,27H2,1-2H3,(H,29,38)(H,30,36)(H,31,37)(H,32,33)(H,34,35)(H,39,40). The number of amides is 3. The first-order valence-electron chi connectivity index (χ1n) is 12.7. The number of para-hydroxylation sites is 1. The zero-order valence-electron chi connectivity index (χ0n) is 22.2. The molecule has 0 aliphatic carbocycles.